The number of carbonyl (C=O) groups is 1. The number of hydrogen-bond donors (Lipinski definition) is 1. The highest BCUT2D eigenvalue weighted by Gasteiger charge is 2.35. The van der Waals surface area contributed by atoms with Crippen LogP contribution in [0.2, 0.25) is 0 Å². The van der Waals surface area contributed by atoms with Crippen molar-refractivity contribution in [1.82, 2.24) is 14.0 Å². The zero-order valence-electron chi connectivity index (χ0n) is 21.4. The number of likely N-dealkylation sites (tertiary alicyclic amines) is 1. The Labute approximate surface area is 228 Å². The Morgan fingerprint density at radius 2 is 1.97 bits per heavy atom. The van der Waals surface area contributed by atoms with Crippen LogP contribution in [0.25, 0.3) is 10.9 Å². The monoisotopic (exact) mass is 544 g/mol. The molecule has 0 radical (unpaired) electrons. The maximum atomic E-state index is 12.4. The molecule has 1 saturated heterocycles. The van der Waals surface area contributed by atoms with E-state index in [1.807, 2.05) is 58.5 Å². The third-order valence-electron chi connectivity index (χ3n) is 7.34. The number of hydrogen-bond acceptors (Lipinski definition) is 8. The lowest BCUT2D eigenvalue weighted by Crippen LogP contribution is -2.47. The largest absolute Gasteiger partial charge is 0.493 e. The lowest BCUT2D eigenvalue weighted by Gasteiger charge is -2.42. The van der Waals surface area contributed by atoms with Crippen LogP contribution in [0.3, 0.4) is 0 Å². The third kappa shape index (κ3) is 5.02. The summed E-state index contributed by atoms with van der Waals surface area (Å²) in [6.07, 6.45) is 1.05. The van der Waals surface area contributed by atoms with Crippen molar-refractivity contribution in [3.8, 4) is 5.88 Å². The number of nitrogens with zero attached hydrogens (tertiary/aromatic N) is 6. The van der Waals surface area contributed by atoms with Crippen molar-refractivity contribution in [2.24, 2.45) is 21.3 Å². The minimum atomic E-state index is -0.605. The Balaban J connectivity index is 1.19. The van der Waals surface area contributed by atoms with Crippen molar-refractivity contribution in [1.29, 1.82) is 0 Å². The molecular formula is C28H28N6O4S. The summed E-state index contributed by atoms with van der Waals surface area (Å²) in [7, 11) is 0. The number of oxime groups is 1. The number of azo groups is 1. The highest BCUT2D eigenvalue weighted by atomic mass is 32.1. The fourth-order valence-corrected chi connectivity index (χ4v) is 6.34. The molecule has 3 aromatic heterocycles. The van der Waals surface area contributed by atoms with E-state index in [9.17, 15) is 14.7 Å². The van der Waals surface area contributed by atoms with E-state index in [1.54, 1.807) is 17.6 Å². The van der Waals surface area contributed by atoms with Crippen molar-refractivity contribution in [2.75, 3.05) is 19.7 Å². The maximum Gasteiger partial charge on any atom is 0.304 e. The number of aromatic nitrogens is 2. The Bertz CT molecular complexity index is 1640. The number of amides is 1. The molecule has 0 spiro atoms. The molecule has 1 N–H and O–H groups in total. The van der Waals surface area contributed by atoms with E-state index in [-0.39, 0.29) is 29.7 Å². The van der Waals surface area contributed by atoms with Crippen LogP contribution in [0.5, 0.6) is 5.88 Å². The zero-order valence-corrected chi connectivity index (χ0v) is 22.3. The van der Waals surface area contributed by atoms with E-state index >= 15 is 0 Å². The lowest BCUT2D eigenvalue weighted by molar-refractivity contribution is -0.122. The number of benzene rings is 1. The lowest BCUT2D eigenvalue weighted by atomic mass is 9.83. The second-order valence-corrected chi connectivity index (χ2v) is 11.0. The van der Waals surface area contributed by atoms with Crippen molar-refractivity contribution in [3.63, 3.8) is 0 Å². The smallest absolute Gasteiger partial charge is 0.304 e. The fraction of sp³-hybridized carbons (Fsp3) is 0.321. The van der Waals surface area contributed by atoms with Gasteiger partial charge in [0.25, 0.3) is 5.56 Å². The van der Waals surface area contributed by atoms with Crippen LogP contribution in [-0.4, -0.2) is 50.5 Å². The van der Waals surface area contributed by atoms with Crippen molar-refractivity contribution >= 4 is 39.5 Å². The molecule has 1 fully saturated rings. The van der Waals surface area contributed by atoms with Crippen LogP contribution in [0.1, 0.15) is 29.8 Å². The standard InChI is InChI=1S/C28H28N6O4S/c1-18(24-9-5-11-39-24)31-38-16-25(35)29-30-27-21-6-2-3-7-23(21)34(28(27)37)17-32-13-19-12-20(15-32)22-8-4-10-26(36)33(22)14-19/h2-11,19-20,37H,12-17H2,1H3/b30-29?,31-18-/t19-,20-/m0/s1. The normalized spacial score (nSPS) is 19.5. The molecule has 4 aromatic rings. The van der Waals surface area contributed by atoms with Gasteiger partial charge in [-0.1, -0.05) is 35.5 Å². The average Bonchev–Trinajstić information content (AvgIpc) is 3.56. The van der Waals surface area contributed by atoms with Crippen LogP contribution < -0.4 is 5.56 Å². The molecule has 2 aliphatic heterocycles. The Hall–Kier alpha value is -4.09. The van der Waals surface area contributed by atoms with Crippen LogP contribution in [-0.2, 0) is 22.8 Å². The molecule has 1 aromatic carbocycles. The number of thiophene rings is 1. The van der Waals surface area contributed by atoms with E-state index in [1.165, 1.54) is 11.3 Å². The number of para-hydroxylation sites is 1. The van der Waals surface area contributed by atoms with Crippen LogP contribution in [0.15, 0.2) is 80.2 Å². The molecule has 1 amide bonds. The van der Waals surface area contributed by atoms with Crippen LogP contribution in [0, 0.1) is 5.92 Å². The molecule has 5 heterocycles. The Morgan fingerprint density at radius 3 is 2.82 bits per heavy atom. The zero-order chi connectivity index (χ0) is 26.9. The summed E-state index contributed by atoms with van der Waals surface area (Å²) in [5.74, 6) is -0.0271. The molecule has 10 nitrogen and oxygen atoms in total. The van der Waals surface area contributed by atoms with Gasteiger partial charge in [-0.2, -0.15) is 0 Å². The highest BCUT2D eigenvalue weighted by molar-refractivity contribution is 7.12. The van der Waals surface area contributed by atoms with Gasteiger partial charge in [-0.25, -0.2) is 0 Å². The van der Waals surface area contributed by atoms with Gasteiger partial charge in [-0.15, -0.1) is 21.6 Å². The molecule has 39 heavy (non-hydrogen) atoms. The number of fused-ring (bicyclic) bond motifs is 5. The van der Waals surface area contributed by atoms with Crippen molar-refractivity contribution in [2.45, 2.75) is 32.5 Å². The predicted octanol–water partition coefficient (Wildman–Crippen LogP) is 4.70. The van der Waals surface area contributed by atoms with Crippen molar-refractivity contribution in [3.05, 3.63) is 80.9 Å². The highest BCUT2D eigenvalue weighted by Crippen LogP contribution is 2.40. The summed E-state index contributed by atoms with van der Waals surface area (Å²) in [5, 5.41) is 25.7. The minimum Gasteiger partial charge on any atom is -0.493 e. The summed E-state index contributed by atoms with van der Waals surface area (Å²) in [4.78, 5) is 33.1. The van der Waals surface area contributed by atoms with Crippen molar-refractivity contribution < 1.29 is 14.7 Å². The molecule has 2 aliphatic rings. The van der Waals surface area contributed by atoms with Gasteiger partial charge in [0, 0.05) is 42.7 Å². The number of aromatic hydroxyl groups is 1. The topological polar surface area (TPSA) is 114 Å². The molecule has 2 bridgehead atoms. The van der Waals surface area contributed by atoms with E-state index in [0.717, 1.165) is 35.6 Å². The fourth-order valence-electron chi connectivity index (χ4n) is 5.67. The van der Waals surface area contributed by atoms with Gasteiger partial charge in [-0.3, -0.25) is 19.1 Å². The Morgan fingerprint density at radius 1 is 1.10 bits per heavy atom. The first-order valence-electron chi connectivity index (χ1n) is 12.8. The summed E-state index contributed by atoms with van der Waals surface area (Å²) in [5.41, 5.74) is 2.86. The minimum absolute atomic E-state index is 0.0485. The summed E-state index contributed by atoms with van der Waals surface area (Å²) < 4.78 is 3.71. The predicted molar refractivity (Wildman–Crippen MR) is 149 cm³/mol. The Kier molecular flexibility index (Phi) is 6.84. The van der Waals surface area contributed by atoms with Crippen LogP contribution in [0.4, 0.5) is 5.69 Å². The van der Waals surface area contributed by atoms with Gasteiger partial charge in [0.1, 0.15) is 0 Å². The number of pyridine rings is 1. The number of rotatable bonds is 7. The molecular weight excluding hydrogens is 516 g/mol. The van der Waals surface area contributed by atoms with Gasteiger partial charge >= 0.3 is 5.91 Å². The summed E-state index contributed by atoms with van der Waals surface area (Å²) in [6, 6.07) is 16.9. The van der Waals surface area contributed by atoms with Crippen LogP contribution >= 0.6 is 11.3 Å². The van der Waals surface area contributed by atoms with Gasteiger partial charge in [-0.05, 0) is 42.8 Å². The van der Waals surface area contributed by atoms with Gasteiger partial charge in [0.05, 0.1) is 22.8 Å². The SMILES string of the molecule is C/C(=N/OCC(=O)N=Nc1c(O)n(CN2C[C@@H]3C[C@@H](C2)c2cccc(=O)n2C3)c2ccccc12)c1cccs1. The molecule has 2 atom stereocenters. The van der Waals surface area contributed by atoms with E-state index in [2.05, 4.69) is 20.3 Å². The second-order valence-electron chi connectivity index (χ2n) is 10.0. The molecule has 0 aliphatic carbocycles. The molecule has 0 saturated carbocycles. The quantitative estimate of drug-likeness (QED) is 0.206. The van der Waals surface area contributed by atoms with E-state index in [0.29, 0.717) is 30.2 Å². The molecule has 11 heteroatoms. The van der Waals surface area contributed by atoms with Gasteiger partial charge < -0.3 is 14.5 Å². The number of carbonyl (C=O) groups excluding carboxylic acids is 1. The third-order valence-corrected chi connectivity index (χ3v) is 8.32. The first-order valence-corrected chi connectivity index (χ1v) is 13.7. The van der Waals surface area contributed by atoms with E-state index < -0.39 is 5.91 Å². The second kappa shape index (κ2) is 10.6. The summed E-state index contributed by atoms with van der Waals surface area (Å²) in [6.45, 7) is 4.22. The van der Waals surface area contributed by atoms with Gasteiger partial charge in [0.15, 0.2) is 12.3 Å². The molecule has 0 unspecified atom stereocenters. The molecule has 6 rings (SSSR count). The average molecular weight is 545 g/mol. The molecule has 200 valence electrons. The first-order chi connectivity index (χ1) is 19.0. The van der Waals surface area contributed by atoms with E-state index in [4.69, 9.17) is 4.84 Å². The number of piperidine rings is 1. The first kappa shape index (κ1) is 25.2. The summed E-state index contributed by atoms with van der Waals surface area (Å²) >= 11 is 1.53. The maximum absolute atomic E-state index is 12.4. The van der Waals surface area contributed by atoms with Gasteiger partial charge in [0.2, 0.25) is 5.88 Å².